The average Bonchev–Trinajstić information content (AvgIpc) is 2.73. The Morgan fingerprint density at radius 1 is 1.07 bits per heavy atom. The lowest BCUT2D eigenvalue weighted by molar-refractivity contribution is -0.123. The second-order valence-electron chi connectivity index (χ2n) is 6.62. The number of Topliss-reactive ketones (excluding diaryl/α,β-unsaturated/α-hetero) is 1. The summed E-state index contributed by atoms with van der Waals surface area (Å²) in [7, 11) is -4.18. The standard InChI is InChI=1S/C21H21N3O4S/c1-16-9-11-19(12-10-16)29(27,28)24(22)21(26)18-8-5-13-23(14-18)15-20(25)17-6-3-2-4-7-17/h2-7,9-14H,8,15,22H2,1H3. The minimum atomic E-state index is -4.18. The number of rotatable bonds is 6. The first kappa shape index (κ1) is 20.5. The average molecular weight is 411 g/mol. The van der Waals surface area contributed by atoms with Gasteiger partial charge in [-0.25, -0.2) is 5.84 Å². The van der Waals surface area contributed by atoms with E-state index in [9.17, 15) is 18.0 Å². The summed E-state index contributed by atoms with van der Waals surface area (Å²) in [6.07, 6.45) is 5.02. The quantitative estimate of drug-likeness (QED) is 0.339. The Hall–Kier alpha value is -3.23. The molecule has 2 aromatic rings. The molecule has 1 aliphatic rings. The molecule has 0 bridgehead atoms. The van der Waals surface area contributed by atoms with Crippen LogP contribution in [0.2, 0.25) is 0 Å². The molecule has 0 aliphatic carbocycles. The van der Waals surface area contributed by atoms with Crippen molar-refractivity contribution in [1.82, 2.24) is 9.31 Å². The van der Waals surface area contributed by atoms with Gasteiger partial charge in [-0.1, -0.05) is 54.1 Å². The molecule has 2 aromatic carbocycles. The SMILES string of the molecule is Cc1ccc(S(=O)(=O)N(N)C(=O)C2=CN(CC(=O)c3ccccc3)C=CC2)cc1. The summed E-state index contributed by atoms with van der Waals surface area (Å²) in [5, 5.41) is 0. The van der Waals surface area contributed by atoms with Crippen molar-refractivity contribution < 1.29 is 18.0 Å². The molecule has 7 nitrogen and oxygen atoms in total. The highest BCUT2D eigenvalue weighted by Crippen LogP contribution is 2.19. The zero-order valence-electron chi connectivity index (χ0n) is 15.9. The van der Waals surface area contributed by atoms with E-state index in [4.69, 9.17) is 5.84 Å². The van der Waals surface area contributed by atoms with Crippen molar-refractivity contribution in [2.24, 2.45) is 5.84 Å². The van der Waals surface area contributed by atoms with Crippen LogP contribution in [0.3, 0.4) is 0 Å². The molecule has 1 aliphatic heterocycles. The van der Waals surface area contributed by atoms with E-state index in [2.05, 4.69) is 0 Å². The lowest BCUT2D eigenvalue weighted by atomic mass is 10.1. The van der Waals surface area contributed by atoms with Crippen LogP contribution in [-0.4, -0.2) is 36.0 Å². The van der Waals surface area contributed by atoms with Crippen LogP contribution in [0.4, 0.5) is 0 Å². The zero-order chi connectivity index (χ0) is 21.0. The Kier molecular flexibility index (Phi) is 5.95. The number of hydrazine groups is 1. The van der Waals surface area contributed by atoms with Crippen molar-refractivity contribution in [3.8, 4) is 0 Å². The van der Waals surface area contributed by atoms with E-state index in [0.717, 1.165) is 5.56 Å². The highest BCUT2D eigenvalue weighted by Gasteiger charge is 2.29. The summed E-state index contributed by atoms with van der Waals surface area (Å²) in [6.45, 7) is 1.85. The fraction of sp³-hybridized carbons (Fsp3) is 0.143. The third-order valence-corrected chi connectivity index (χ3v) is 5.98. The first-order chi connectivity index (χ1) is 13.8. The molecule has 0 aromatic heterocycles. The van der Waals surface area contributed by atoms with Crippen LogP contribution in [0.1, 0.15) is 22.3 Å². The van der Waals surface area contributed by atoms with Crippen LogP contribution >= 0.6 is 0 Å². The molecule has 0 atom stereocenters. The number of aryl methyl sites for hydroxylation is 1. The summed E-state index contributed by atoms with van der Waals surface area (Å²) < 4.78 is 25.5. The fourth-order valence-corrected chi connectivity index (χ4v) is 3.85. The maximum atomic E-state index is 12.7. The highest BCUT2D eigenvalue weighted by atomic mass is 32.2. The largest absolute Gasteiger partial charge is 0.346 e. The molecule has 8 heteroatoms. The monoisotopic (exact) mass is 411 g/mol. The molecule has 0 unspecified atom stereocenters. The minimum absolute atomic E-state index is 0.0204. The van der Waals surface area contributed by atoms with Gasteiger partial charge in [0.2, 0.25) is 0 Å². The number of sulfonamides is 1. The second kappa shape index (κ2) is 8.42. The molecule has 3 rings (SSSR count). The maximum Gasteiger partial charge on any atom is 0.280 e. The molecule has 1 amide bonds. The van der Waals surface area contributed by atoms with Crippen LogP contribution in [0.15, 0.2) is 83.5 Å². The smallest absolute Gasteiger partial charge is 0.280 e. The second-order valence-corrected chi connectivity index (χ2v) is 8.44. The van der Waals surface area contributed by atoms with E-state index in [1.54, 1.807) is 53.6 Å². The van der Waals surface area contributed by atoms with Gasteiger partial charge < -0.3 is 4.90 Å². The van der Waals surface area contributed by atoms with E-state index < -0.39 is 15.9 Å². The van der Waals surface area contributed by atoms with Crippen molar-refractivity contribution in [2.75, 3.05) is 6.54 Å². The van der Waals surface area contributed by atoms with Gasteiger partial charge in [-0.2, -0.15) is 12.8 Å². The van der Waals surface area contributed by atoms with E-state index in [0.29, 0.717) is 5.56 Å². The van der Waals surface area contributed by atoms with Crippen molar-refractivity contribution in [2.45, 2.75) is 18.2 Å². The predicted molar refractivity (Wildman–Crippen MR) is 109 cm³/mol. The van der Waals surface area contributed by atoms with E-state index in [1.165, 1.54) is 18.3 Å². The normalized spacial score (nSPS) is 13.7. The van der Waals surface area contributed by atoms with Gasteiger partial charge in [-0.05, 0) is 25.5 Å². The zero-order valence-corrected chi connectivity index (χ0v) is 16.7. The van der Waals surface area contributed by atoms with Crippen molar-refractivity contribution in [3.05, 3.63) is 89.8 Å². The first-order valence-corrected chi connectivity index (χ1v) is 10.4. The number of ketones is 1. The van der Waals surface area contributed by atoms with Crippen molar-refractivity contribution >= 4 is 21.7 Å². The highest BCUT2D eigenvalue weighted by molar-refractivity contribution is 7.89. The molecule has 0 radical (unpaired) electrons. The maximum absolute atomic E-state index is 12.7. The Morgan fingerprint density at radius 3 is 2.38 bits per heavy atom. The number of nitrogens with two attached hydrogens (primary N) is 1. The number of benzene rings is 2. The van der Waals surface area contributed by atoms with E-state index in [1.807, 2.05) is 13.0 Å². The molecular weight excluding hydrogens is 390 g/mol. The molecule has 2 N–H and O–H groups in total. The summed E-state index contributed by atoms with van der Waals surface area (Å²) in [4.78, 5) is 26.5. The Labute approximate surface area is 169 Å². The molecule has 150 valence electrons. The number of hydrogen-bond acceptors (Lipinski definition) is 6. The molecule has 0 spiro atoms. The Morgan fingerprint density at radius 2 is 1.72 bits per heavy atom. The number of nitrogens with zero attached hydrogens (tertiary/aromatic N) is 2. The number of hydrogen-bond donors (Lipinski definition) is 1. The molecule has 0 fully saturated rings. The topological polar surface area (TPSA) is 101 Å². The number of carbonyl (C=O) groups is 2. The summed E-state index contributed by atoms with van der Waals surface area (Å²) in [5.74, 6) is 4.71. The van der Waals surface area contributed by atoms with Crippen LogP contribution in [0, 0.1) is 6.92 Å². The van der Waals surface area contributed by atoms with Gasteiger partial charge in [0.25, 0.3) is 15.9 Å². The first-order valence-electron chi connectivity index (χ1n) is 8.91. The van der Waals surface area contributed by atoms with Gasteiger partial charge in [0, 0.05) is 23.5 Å². The molecule has 0 saturated heterocycles. The molecule has 0 saturated carbocycles. The summed E-state index contributed by atoms with van der Waals surface area (Å²) in [6, 6.07) is 14.8. The van der Waals surface area contributed by atoms with E-state index >= 15 is 0 Å². The van der Waals surface area contributed by atoms with Gasteiger partial charge in [0.1, 0.15) is 0 Å². The van der Waals surface area contributed by atoms with Gasteiger partial charge in [0.15, 0.2) is 5.78 Å². The third-order valence-electron chi connectivity index (χ3n) is 4.43. The van der Waals surface area contributed by atoms with Crippen molar-refractivity contribution in [1.29, 1.82) is 0 Å². The van der Waals surface area contributed by atoms with Crippen molar-refractivity contribution in [3.63, 3.8) is 0 Å². The lowest BCUT2D eigenvalue weighted by Gasteiger charge is -2.23. The van der Waals surface area contributed by atoms with Crippen LogP contribution in [-0.2, 0) is 14.8 Å². The number of amides is 1. The van der Waals surface area contributed by atoms with Crippen LogP contribution in [0.25, 0.3) is 0 Å². The van der Waals surface area contributed by atoms with Gasteiger partial charge in [-0.3, -0.25) is 9.59 Å². The predicted octanol–water partition coefficient (Wildman–Crippen LogP) is 2.37. The number of allylic oxidation sites excluding steroid dienone is 1. The van der Waals surface area contributed by atoms with E-state index in [-0.39, 0.29) is 33.6 Å². The summed E-state index contributed by atoms with van der Waals surface area (Å²) >= 11 is 0. The number of carbonyl (C=O) groups excluding carboxylic acids is 2. The minimum Gasteiger partial charge on any atom is -0.346 e. The van der Waals surface area contributed by atoms with Crippen LogP contribution < -0.4 is 5.84 Å². The molecule has 29 heavy (non-hydrogen) atoms. The fourth-order valence-electron chi connectivity index (χ4n) is 2.81. The van der Waals surface area contributed by atoms with Gasteiger partial charge in [-0.15, -0.1) is 0 Å². The Bertz CT molecular complexity index is 1070. The lowest BCUT2D eigenvalue weighted by Crippen LogP contribution is -2.43. The summed E-state index contributed by atoms with van der Waals surface area (Å²) in [5.41, 5.74) is 1.61. The molecular formula is C21H21N3O4S. The third kappa shape index (κ3) is 4.61. The van der Waals surface area contributed by atoms with Gasteiger partial charge in [0.05, 0.1) is 11.4 Å². The Balaban J connectivity index is 1.76. The van der Waals surface area contributed by atoms with Gasteiger partial charge >= 0.3 is 0 Å². The van der Waals surface area contributed by atoms with Crippen LogP contribution in [0.5, 0.6) is 0 Å². The molecule has 1 heterocycles.